The third-order valence-corrected chi connectivity index (χ3v) is 7.70. The molecule has 0 saturated heterocycles. The van der Waals surface area contributed by atoms with E-state index in [1.54, 1.807) is 6.34 Å². The molecule has 0 atom stereocenters. The standard InChI is InChI=1S/C19H20F2N2O.C19H22F2N2O/c1-12-9-19(24-15-6-7-16(20)17(21)10-15)13(2)8-18(12)22-11-23(3)14-4-5-14;1-5-8-23(4)12-22-18-9-14(3)19(10-13(18)2)24-15-6-7-16(20)17(21)11-15/h6-11,14H,4-5H2,1-3H3;6-7,9-12H,5,8H2,1-4H3. The molecule has 0 amide bonds. The fourth-order valence-corrected chi connectivity index (χ4v) is 4.68. The average molecular weight is 663 g/mol. The van der Waals surface area contributed by atoms with Crippen molar-refractivity contribution in [3.05, 3.63) is 106 Å². The molecular formula is C38H42F4N4O2. The summed E-state index contributed by atoms with van der Waals surface area (Å²) in [5.74, 6) is -1.91. The third-order valence-electron chi connectivity index (χ3n) is 7.70. The van der Waals surface area contributed by atoms with Gasteiger partial charge in [-0.3, -0.25) is 0 Å². The van der Waals surface area contributed by atoms with Crippen LogP contribution in [0.2, 0.25) is 0 Å². The van der Waals surface area contributed by atoms with Gasteiger partial charge in [-0.15, -0.1) is 0 Å². The van der Waals surface area contributed by atoms with E-state index in [0.29, 0.717) is 17.5 Å². The number of hydrogen-bond donors (Lipinski definition) is 0. The molecule has 1 aliphatic rings. The van der Waals surface area contributed by atoms with Crippen LogP contribution in [0.3, 0.4) is 0 Å². The van der Waals surface area contributed by atoms with Crippen LogP contribution in [0.4, 0.5) is 28.9 Å². The molecule has 0 aromatic heterocycles. The highest BCUT2D eigenvalue weighted by molar-refractivity contribution is 5.66. The van der Waals surface area contributed by atoms with E-state index in [1.165, 1.54) is 25.0 Å². The lowest BCUT2D eigenvalue weighted by atomic mass is 10.1. The van der Waals surface area contributed by atoms with E-state index in [9.17, 15) is 17.6 Å². The Labute approximate surface area is 280 Å². The Hall–Kier alpha value is -4.86. The fourth-order valence-electron chi connectivity index (χ4n) is 4.68. The summed E-state index contributed by atoms with van der Waals surface area (Å²) < 4.78 is 63.9. The highest BCUT2D eigenvalue weighted by Gasteiger charge is 2.24. The lowest BCUT2D eigenvalue weighted by molar-refractivity contribution is 0.458. The normalized spacial score (nSPS) is 12.6. The van der Waals surface area contributed by atoms with Crippen molar-refractivity contribution in [1.82, 2.24) is 9.80 Å². The lowest BCUT2D eigenvalue weighted by Gasteiger charge is -2.13. The zero-order valence-electron chi connectivity index (χ0n) is 28.5. The van der Waals surface area contributed by atoms with Crippen LogP contribution in [0.15, 0.2) is 70.6 Å². The van der Waals surface area contributed by atoms with E-state index in [1.807, 2.05) is 77.3 Å². The molecule has 0 N–H and O–H groups in total. The second kappa shape index (κ2) is 16.3. The van der Waals surface area contributed by atoms with E-state index < -0.39 is 23.3 Å². The van der Waals surface area contributed by atoms with Gasteiger partial charge in [0.25, 0.3) is 0 Å². The Balaban J connectivity index is 0.000000217. The van der Waals surface area contributed by atoms with Crippen molar-refractivity contribution in [3.8, 4) is 23.0 Å². The van der Waals surface area contributed by atoms with Crippen molar-refractivity contribution in [2.45, 2.75) is 59.9 Å². The van der Waals surface area contributed by atoms with Crippen LogP contribution in [0.1, 0.15) is 48.4 Å². The van der Waals surface area contributed by atoms with E-state index in [4.69, 9.17) is 9.47 Å². The lowest BCUT2D eigenvalue weighted by Crippen LogP contribution is -2.17. The van der Waals surface area contributed by atoms with Gasteiger partial charge in [0.05, 0.1) is 24.1 Å². The summed E-state index contributed by atoms with van der Waals surface area (Å²) in [4.78, 5) is 13.2. The molecule has 5 rings (SSSR count). The van der Waals surface area contributed by atoms with Crippen LogP contribution in [-0.4, -0.2) is 49.2 Å². The van der Waals surface area contributed by atoms with Crippen LogP contribution in [0, 0.1) is 51.0 Å². The zero-order chi connectivity index (χ0) is 35.0. The average Bonchev–Trinajstić information content (AvgIpc) is 3.89. The maximum absolute atomic E-state index is 13.3. The van der Waals surface area contributed by atoms with Gasteiger partial charge in [0.1, 0.15) is 23.0 Å². The van der Waals surface area contributed by atoms with E-state index >= 15 is 0 Å². The summed E-state index contributed by atoms with van der Waals surface area (Å²) in [7, 11) is 4.01. The van der Waals surface area contributed by atoms with Gasteiger partial charge in [-0.1, -0.05) is 6.92 Å². The van der Waals surface area contributed by atoms with Gasteiger partial charge in [-0.2, -0.15) is 0 Å². The fraction of sp³-hybridized carbons (Fsp3) is 0.316. The molecule has 254 valence electrons. The van der Waals surface area contributed by atoms with Crippen molar-refractivity contribution >= 4 is 24.1 Å². The first-order valence-electron chi connectivity index (χ1n) is 15.8. The molecule has 48 heavy (non-hydrogen) atoms. The minimum atomic E-state index is -0.929. The summed E-state index contributed by atoms with van der Waals surface area (Å²) in [6.07, 6.45) is 7.17. The van der Waals surface area contributed by atoms with Gasteiger partial charge in [-0.25, -0.2) is 27.5 Å². The molecular weight excluding hydrogens is 620 g/mol. The first-order valence-corrected chi connectivity index (χ1v) is 15.8. The van der Waals surface area contributed by atoms with E-state index in [-0.39, 0.29) is 11.5 Å². The van der Waals surface area contributed by atoms with Crippen molar-refractivity contribution in [3.63, 3.8) is 0 Å². The molecule has 4 aromatic carbocycles. The molecule has 0 spiro atoms. The highest BCUT2D eigenvalue weighted by Crippen LogP contribution is 2.33. The Bertz CT molecular complexity index is 1790. The summed E-state index contributed by atoms with van der Waals surface area (Å²) in [6.45, 7) is 10.7. The molecule has 1 aliphatic carbocycles. The molecule has 4 aromatic rings. The second-order valence-electron chi connectivity index (χ2n) is 12.0. The Morgan fingerprint density at radius 2 is 1.10 bits per heavy atom. The summed E-state index contributed by atoms with van der Waals surface area (Å²) in [5.41, 5.74) is 5.38. The van der Waals surface area contributed by atoms with Gasteiger partial charge in [0.15, 0.2) is 23.3 Å². The van der Waals surface area contributed by atoms with Crippen molar-refractivity contribution in [1.29, 1.82) is 0 Å². The van der Waals surface area contributed by atoms with Crippen LogP contribution >= 0.6 is 0 Å². The zero-order valence-corrected chi connectivity index (χ0v) is 28.5. The topological polar surface area (TPSA) is 49.7 Å². The minimum absolute atomic E-state index is 0.260. The van der Waals surface area contributed by atoms with E-state index in [0.717, 1.165) is 70.9 Å². The quantitative estimate of drug-likeness (QED) is 0.0911. The number of ether oxygens (including phenoxy) is 2. The number of benzene rings is 4. The molecule has 10 heteroatoms. The number of nitrogens with zero attached hydrogens (tertiary/aromatic N) is 4. The predicted molar refractivity (Wildman–Crippen MR) is 185 cm³/mol. The largest absolute Gasteiger partial charge is 0.457 e. The predicted octanol–water partition coefficient (Wildman–Crippen LogP) is 10.5. The molecule has 6 nitrogen and oxygen atoms in total. The van der Waals surface area contributed by atoms with Crippen molar-refractivity contribution in [2.75, 3.05) is 20.6 Å². The molecule has 0 unspecified atom stereocenters. The Morgan fingerprint density at radius 3 is 1.52 bits per heavy atom. The summed E-state index contributed by atoms with van der Waals surface area (Å²) >= 11 is 0. The first kappa shape index (κ1) is 36.0. The SMILES string of the molecule is CCCN(C)C=Nc1cc(C)c(Oc2ccc(F)c(F)c2)cc1C.Cc1cc(Oc2ccc(F)c(F)c2)c(C)cc1N=CN(C)C1CC1. The van der Waals surface area contributed by atoms with Gasteiger partial charge < -0.3 is 19.3 Å². The van der Waals surface area contributed by atoms with Crippen LogP contribution < -0.4 is 9.47 Å². The molecule has 0 radical (unpaired) electrons. The monoisotopic (exact) mass is 662 g/mol. The molecule has 0 heterocycles. The minimum Gasteiger partial charge on any atom is -0.457 e. The van der Waals surface area contributed by atoms with Gasteiger partial charge in [0.2, 0.25) is 0 Å². The number of rotatable bonds is 11. The Kier molecular flexibility index (Phi) is 12.2. The maximum atomic E-state index is 13.3. The van der Waals surface area contributed by atoms with Crippen molar-refractivity contribution < 1.29 is 27.0 Å². The maximum Gasteiger partial charge on any atom is 0.162 e. The third kappa shape index (κ3) is 10.1. The number of aliphatic imine (C=N–C) groups is 2. The second-order valence-corrected chi connectivity index (χ2v) is 12.0. The molecule has 0 aliphatic heterocycles. The summed E-state index contributed by atoms with van der Waals surface area (Å²) in [6, 6.07) is 15.2. The van der Waals surface area contributed by atoms with Gasteiger partial charge in [-0.05, 0) is 118 Å². The highest BCUT2D eigenvalue weighted by atomic mass is 19.2. The molecule has 1 fully saturated rings. The van der Waals surface area contributed by atoms with Crippen LogP contribution in [-0.2, 0) is 0 Å². The smallest absolute Gasteiger partial charge is 0.162 e. The van der Waals surface area contributed by atoms with Gasteiger partial charge in [0, 0.05) is 38.8 Å². The summed E-state index contributed by atoms with van der Waals surface area (Å²) in [5, 5.41) is 0. The van der Waals surface area contributed by atoms with E-state index in [2.05, 4.69) is 21.8 Å². The van der Waals surface area contributed by atoms with Crippen LogP contribution in [0.5, 0.6) is 23.0 Å². The molecule has 1 saturated carbocycles. The van der Waals surface area contributed by atoms with Gasteiger partial charge >= 0.3 is 0 Å². The molecule has 0 bridgehead atoms. The Morgan fingerprint density at radius 1 is 0.646 bits per heavy atom. The first-order chi connectivity index (χ1) is 22.8. The van der Waals surface area contributed by atoms with Crippen LogP contribution in [0.25, 0.3) is 0 Å². The number of halogens is 4. The van der Waals surface area contributed by atoms with Crippen molar-refractivity contribution in [2.24, 2.45) is 9.98 Å². The number of aryl methyl sites for hydroxylation is 4. The number of hydrogen-bond acceptors (Lipinski definition) is 4.